The predicted octanol–water partition coefficient (Wildman–Crippen LogP) is 9.10. The lowest BCUT2D eigenvalue weighted by Crippen LogP contribution is -2.57. The highest BCUT2D eigenvalue weighted by Gasteiger charge is 2.62. The summed E-state index contributed by atoms with van der Waals surface area (Å²) in [5.74, 6) is -1.05. The van der Waals surface area contributed by atoms with E-state index in [1.54, 1.807) is 0 Å². The average molecular weight is 865 g/mol. The van der Waals surface area contributed by atoms with Crippen molar-refractivity contribution < 1.29 is 32.7 Å². The van der Waals surface area contributed by atoms with Gasteiger partial charge in [0, 0.05) is 23.6 Å². The predicted molar refractivity (Wildman–Crippen MR) is 235 cm³/mol. The SMILES string of the molecule is CCCCCCCCCCCCCCCC(=O)N1[C@H](C(=O)OC)[C@@H]([C@H]2O[C@@H](n3ccc(=O)[nH]c3=O)[C@H](O[Si](C)(C)C(C)(C)C)[C@@H]2O[Si](C)(C)C(C)(C)C)O[C@@H]1CN=[N+]=[N-]. The highest BCUT2D eigenvalue weighted by Crippen LogP contribution is 2.47. The number of carbonyl (C=O) groups excluding carboxylic acids is 2. The van der Waals surface area contributed by atoms with Crippen molar-refractivity contribution >= 4 is 28.5 Å². The third-order valence-corrected chi connectivity index (χ3v) is 21.9. The van der Waals surface area contributed by atoms with Gasteiger partial charge < -0.3 is 23.1 Å². The maximum absolute atomic E-state index is 14.2. The van der Waals surface area contributed by atoms with Crippen LogP contribution in [0.4, 0.5) is 0 Å². The van der Waals surface area contributed by atoms with Crippen LogP contribution in [0, 0.1) is 0 Å². The number of nitrogens with one attached hydrogen (secondary N) is 1. The fourth-order valence-electron chi connectivity index (χ4n) is 7.33. The maximum atomic E-state index is 14.2. The first-order valence-electron chi connectivity index (χ1n) is 22.0. The molecule has 0 aromatic carbocycles. The number of H-pyrrole nitrogens is 1. The van der Waals surface area contributed by atoms with Crippen LogP contribution in [-0.4, -0.2) is 93.3 Å². The Kier molecular flexibility index (Phi) is 19.1. The lowest BCUT2D eigenvalue weighted by Gasteiger charge is -2.44. The second-order valence-corrected chi connectivity index (χ2v) is 28.9. The topological polar surface area (TPSA) is 187 Å². The van der Waals surface area contributed by atoms with Crippen LogP contribution in [0.2, 0.25) is 36.3 Å². The van der Waals surface area contributed by atoms with Gasteiger partial charge in [0.15, 0.2) is 28.9 Å². The summed E-state index contributed by atoms with van der Waals surface area (Å²) in [5, 5.41) is 3.23. The largest absolute Gasteiger partial charge is 0.467 e. The monoisotopic (exact) mass is 865 g/mol. The lowest BCUT2D eigenvalue weighted by molar-refractivity contribution is -0.154. The van der Waals surface area contributed by atoms with Gasteiger partial charge in [0.1, 0.15) is 30.6 Å². The number of hydrogen-bond acceptors (Lipinski definition) is 10. The molecular weight excluding hydrogens is 789 g/mol. The molecule has 336 valence electrons. The number of aromatic nitrogens is 2. The Labute approximate surface area is 354 Å². The quantitative estimate of drug-likeness (QED) is 0.0280. The highest BCUT2D eigenvalue weighted by atomic mass is 28.4. The number of rotatable bonds is 23. The second kappa shape index (κ2) is 22.3. The summed E-state index contributed by atoms with van der Waals surface area (Å²) in [5.41, 5.74) is 8.07. The van der Waals surface area contributed by atoms with Gasteiger partial charge in [-0.25, -0.2) is 9.59 Å². The third kappa shape index (κ3) is 13.6. The van der Waals surface area contributed by atoms with E-state index in [0.717, 1.165) is 19.3 Å². The van der Waals surface area contributed by atoms with Crippen LogP contribution in [-0.2, 0) is 32.7 Å². The second-order valence-electron chi connectivity index (χ2n) is 19.4. The summed E-state index contributed by atoms with van der Waals surface area (Å²) in [4.78, 5) is 60.4. The van der Waals surface area contributed by atoms with Crippen LogP contribution in [0.25, 0.3) is 10.4 Å². The van der Waals surface area contributed by atoms with E-state index in [1.807, 2.05) is 0 Å². The van der Waals surface area contributed by atoms with Gasteiger partial charge in [-0.3, -0.25) is 24.0 Å². The number of hydrogen-bond donors (Lipinski definition) is 1. The Morgan fingerprint density at radius 3 is 1.80 bits per heavy atom. The van der Waals surface area contributed by atoms with Gasteiger partial charge in [-0.05, 0) is 48.2 Å². The number of ether oxygens (including phenoxy) is 3. The number of carbonyl (C=O) groups is 2. The normalized spacial score (nSPS) is 24.0. The van der Waals surface area contributed by atoms with Crippen molar-refractivity contribution in [2.45, 2.75) is 218 Å². The molecule has 17 heteroatoms. The van der Waals surface area contributed by atoms with Crippen molar-refractivity contribution in [3.05, 3.63) is 43.5 Å². The Morgan fingerprint density at radius 1 is 0.814 bits per heavy atom. The van der Waals surface area contributed by atoms with Gasteiger partial charge in [-0.1, -0.05) is 131 Å². The van der Waals surface area contributed by atoms with Crippen LogP contribution in [0.3, 0.4) is 0 Å². The van der Waals surface area contributed by atoms with Crippen molar-refractivity contribution in [1.29, 1.82) is 0 Å². The van der Waals surface area contributed by atoms with Gasteiger partial charge >= 0.3 is 11.7 Å². The van der Waals surface area contributed by atoms with Gasteiger partial charge in [0.25, 0.3) is 5.56 Å². The molecule has 15 nitrogen and oxygen atoms in total. The number of amides is 1. The molecule has 1 amide bonds. The molecule has 59 heavy (non-hydrogen) atoms. The van der Waals surface area contributed by atoms with Crippen LogP contribution in [0.5, 0.6) is 0 Å². The Balaban J connectivity index is 1.97. The van der Waals surface area contributed by atoms with E-state index in [4.69, 9.17) is 23.1 Å². The molecule has 3 heterocycles. The molecular formula is C42H76N6O9Si2. The molecule has 0 unspecified atom stereocenters. The first-order chi connectivity index (χ1) is 27.6. The minimum atomic E-state index is -2.67. The zero-order valence-electron chi connectivity index (χ0n) is 38.2. The Bertz CT molecular complexity index is 1670. The standard InChI is InChI=1S/C42H76N6O9Si2/c1-13-14-15-16-17-18-19-20-21-22-23-24-25-26-31(50)48-32(29-44-46-43)54-34(33(48)39(51)53-8)35-36(56-58(9,10)41(2,3)4)37(57-59(11,12)42(5,6)7)38(55-35)47-28-27-30(49)45-40(47)52/h27-28,32-38H,13-26,29H2,1-12H3,(H,45,49,52)/t32-,33+,34+,35-,36-,37-,38-/m1/s1. The van der Waals surface area contributed by atoms with E-state index < -0.39 is 76.8 Å². The summed E-state index contributed by atoms with van der Waals surface area (Å²) in [7, 11) is -4.05. The summed E-state index contributed by atoms with van der Waals surface area (Å²) >= 11 is 0. The first-order valence-corrected chi connectivity index (χ1v) is 27.8. The van der Waals surface area contributed by atoms with E-state index in [-0.39, 0.29) is 28.9 Å². The molecule has 1 aromatic heterocycles. The molecule has 2 fully saturated rings. The number of nitrogens with zero attached hydrogens (tertiary/aromatic N) is 5. The molecule has 3 rings (SSSR count). The van der Waals surface area contributed by atoms with Crippen LogP contribution < -0.4 is 11.2 Å². The zero-order valence-corrected chi connectivity index (χ0v) is 40.2. The Hall–Kier alpha value is -2.80. The van der Waals surface area contributed by atoms with Crippen molar-refractivity contribution in [1.82, 2.24) is 14.5 Å². The number of methoxy groups -OCH3 is 1. The molecule has 1 N–H and O–H groups in total. The molecule has 0 bridgehead atoms. The smallest absolute Gasteiger partial charge is 0.331 e. The Morgan fingerprint density at radius 2 is 1.32 bits per heavy atom. The van der Waals surface area contributed by atoms with Crippen LogP contribution in [0.15, 0.2) is 27.0 Å². The average Bonchev–Trinajstić information content (AvgIpc) is 3.68. The fraction of sp³-hybridized carbons (Fsp3) is 0.857. The van der Waals surface area contributed by atoms with Crippen molar-refractivity contribution in [3.8, 4) is 0 Å². The fourth-order valence-corrected chi connectivity index (χ4v) is 9.92. The molecule has 0 spiro atoms. The van der Waals surface area contributed by atoms with E-state index >= 15 is 0 Å². The van der Waals surface area contributed by atoms with Crippen molar-refractivity contribution in [2.24, 2.45) is 5.11 Å². The van der Waals surface area contributed by atoms with Crippen LogP contribution >= 0.6 is 0 Å². The van der Waals surface area contributed by atoms with E-state index in [2.05, 4.69) is 89.7 Å². The van der Waals surface area contributed by atoms with E-state index in [9.17, 15) is 24.7 Å². The third-order valence-electron chi connectivity index (χ3n) is 12.9. The highest BCUT2D eigenvalue weighted by molar-refractivity contribution is 6.74. The summed E-state index contributed by atoms with van der Waals surface area (Å²) in [6, 6.07) is -0.0511. The molecule has 0 aliphatic carbocycles. The summed E-state index contributed by atoms with van der Waals surface area (Å²) in [6.07, 6.45) is 10.4. The summed E-state index contributed by atoms with van der Waals surface area (Å²) in [6.45, 7) is 23.0. The van der Waals surface area contributed by atoms with Gasteiger partial charge in [-0.15, -0.1) is 0 Å². The molecule has 0 radical (unpaired) electrons. The number of azide groups is 1. The maximum Gasteiger partial charge on any atom is 0.331 e. The summed E-state index contributed by atoms with van der Waals surface area (Å²) < 4.78 is 34.4. The first kappa shape index (κ1) is 50.6. The van der Waals surface area contributed by atoms with Crippen molar-refractivity contribution in [3.63, 3.8) is 0 Å². The van der Waals surface area contributed by atoms with Gasteiger partial charge in [0.05, 0.1) is 13.7 Å². The van der Waals surface area contributed by atoms with E-state index in [1.165, 1.54) is 86.6 Å². The molecule has 2 aliphatic rings. The molecule has 0 saturated carbocycles. The lowest BCUT2D eigenvalue weighted by atomic mass is 9.98. The number of esters is 1. The minimum Gasteiger partial charge on any atom is -0.467 e. The molecule has 7 atom stereocenters. The van der Waals surface area contributed by atoms with Crippen molar-refractivity contribution in [2.75, 3.05) is 13.7 Å². The number of aromatic amines is 1. The molecule has 1 aromatic rings. The molecule has 2 aliphatic heterocycles. The number of unbranched alkanes of at least 4 members (excludes halogenated alkanes) is 12. The van der Waals surface area contributed by atoms with Gasteiger partial charge in [0.2, 0.25) is 5.91 Å². The van der Waals surface area contributed by atoms with Gasteiger partial charge in [-0.2, -0.15) is 0 Å². The molecule has 2 saturated heterocycles. The van der Waals surface area contributed by atoms with Crippen LogP contribution in [0.1, 0.15) is 145 Å². The zero-order chi connectivity index (χ0) is 44.2. The van der Waals surface area contributed by atoms with E-state index in [0.29, 0.717) is 6.42 Å². The minimum absolute atomic E-state index is 0.163.